The first-order valence-corrected chi connectivity index (χ1v) is 5.05. The number of rotatable bonds is 0. The molecule has 0 amide bonds. The second-order valence-corrected chi connectivity index (χ2v) is 4.24. The summed E-state index contributed by atoms with van der Waals surface area (Å²) in [5, 5.41) is 12.1. The number of thiazole rings is 1. The molecule has 66 valence electrons. The van der Waals surface area contributed by atoms with Crippen LogP contribution in [0.2, 0.25) is 0 Å². The Morgan fingerprint density at radius 1 is 1.29 bits per heavy atom. The molecule has 1 N–H and O–H groups in total. The van der Waals surface area contributed by atoms with Crippen molar-refractivity contribution in [3.63, 3.8) is 0 Å². The molecule has 0 aromatic carbocycles. The third-order valence-corrected chi connectivity index (χ3v) is 3.39. The van der Waals surface area contributed by atoms with Gasteiger partial charge >= 0.3 is 0 Å². The molecule has 0 saturated heterocycles. The molecule has 5 heteroatoms. The highest BCUT2D eigenvalue weighted by Gasteiger charge is 2.18. The number of nitrogens with one attached hydrogen (secondary N) is 1. The first-order valence-electron chi connectivity index (χ1n) is 4.23. The van der Waals surface area contributed by atoms with Gasteiger partial charge < -0.3 is 5.32 Å². The highest BCUT2D eigenvalue weighted by atomic mass is 32.1. The van der Waals surface area contributed by atoms with E-state index >= 15 is 0 Å². The van der Waals surface area contributed by atoms with Crippen molar-refractivity contribution in [3.8, 4) is 11.3 Å². The Hall–Kier alpha value is -1.75. The fourth-order valence-electron chi connectivity index (χ4n) is 1.73. The summed E-state index contributed by atoms with van der Waals surface area (Å²) in [6.07, 6.45) is 1.77. The number of anilines is 2. The summed E-state index contributed by atoms with van der Waals surface area (Å²) >= 11 is 1.68. The molecule has 0 spiro atoms. The largest absolute Gasteiger partial charge is 0.330 e. The minimum absolute atomic E-state index is 0.916. The lowest BCUT2D eigenvalue weighted by Crippen LogP contribution is -1.87. The summed E-state index contributed by atoms with van der Waals surface area (Å²) in [7, 11) is 0. The van der Waals surface area contributed by atoms with Gasteiger partial charge in [0.2, 0.25) is 0 Å². The van der Waals surface area contributed by atoms with Gasteiger partial charge in [0.05, 0.1) is 27.8 Å². The number of fused-ring (bicyclic) bond motifs is 2. The van der Waals surface area contributed by atoms with Crippen molar-refractivity contribution in [2.24, 2.45) is 0 Å². The molecule has 1 aromatic heterocycles. The molecule has 2 bridgehead atoms. The third kappa shape index (κ3) is 0.667. The molecular weight excluding hydrogens is 196 g/mol. The normalized spacial score (nSPS) is 12.9. The van der Waals surface area contributed by atoms with Crippen molar-refractivity contribution < 1.29 is 0 Å². The lowest BCUT2D eigenvalue weighted by molar-refractivity contribution is 1.10. The van der Waals surface area contributed by atoms with Crippen LogP contribution in [0.25, 0.3) is 21.5 Å². The van der Waals surface area contributed by atoms with Crippen LogP contribution >= 0.6 is 11.3 Å². The van der Waals surface area contributed by atoms with E-state index in [0.29, 0.717) is 0 Å². The lowest BCUT2D eigenvalue weighted by Gasteiger charge is -1.96. The lowest BCUT2D eigenvalue weighted by atomic mass is 10.2. The minimum Gasteiger partial charge on any atom is -0.330 e. The van der Waals surface area contributed by atoms with Crippen LogP contribution in [0.3, 0.4) is 0 Å². The first kappa shape index (κ1) is 6.67. The molecule has 3 aliphatic rings. The molecule has 0 fully saturated rings. The molecule has 0 radical (unpaired) electrons. The molecule has 3 heterocycles. The second kappa shape index (κ2) is 2.01. The predicted molar refractivity (Wildman–Crippen MR) is 55.1 cm³/mol. The SMILES string of the molecule is c1nnc2cc3c4sc(nc4cc1-2)N3. The van der Waals surface area contributed by atoms with Crippen molar-refractivity contribution in [2.45, 2.75) is 0 Å². The van der Waals surface area contributed by atoms with Gasteiger partial charge in [-0.25, -0.2) is 4.98 Å². The van der Waals surface area contributed by atoms with Crippen molar-refractivity contribution >= 4 is 32.4 Å². The topological polar surface area (TPSA) is 50.7 Å². The van der Waals surface area contributed by atoms with Gasteiger partial charge in [-0.05, 0) is 12.1 Å². The number of hydrogen-bond acceptors (Lipinski definition) is 5. The zero-order valence-corrected chi connectivity index (χ0v) is 7.80. The average Bonchev–Trinajstić information content (AvgIpc) is 2.81. The van der Waals surface area contributed by atoms with E-state index in [-0.39, 0.29) is 0 Å². The van der Waals surface area contributed by atoms with Crippen LogP contribution in [0, 0.1) is 0 Å². The van der Waals surface area contributed by atoms with E-state index in [1.807, 2.05) is 12.1 Å². The van der Waals surface area contributed by atoms with Gasteiger partial charge in [-0.15, -0.1) is 0 Å². The summed E-state index contributed by atoms with van der Waals surface area (Å²) in [4.78, 5) is 4.41. The van der Waals surface area contributed by atoms with Gasteiger partial charge in [0.15, 0.2) is 5.13 Å². The Bertz CT molecular complexity index is 630. The molecule has 1 aromatic rings. The van der Waals surface area contributed by atoms with Crippen molar-refractivity contribution in [1.82, 2.24) is 15.2 Å². The summed E-state index contributed by atoms with van der Waals surface area (Å²) < 4.78 is 1.21. The van der Waals surface area contributed by atoms with Gasteiger partial charge in [-0.2, -0.15) is 10.2 Å². The Labute approximate surface area is 83.0 Å². The predicted octanol–water partition coefficient (Wildman–Crippen LogP) is 2.25. The van der Waals surface area contributed by atoms with E-state index in [1.54, 1.807) is 17.5 Å². The standard InChI is InChI=1S/C9H4N4S/c1-4-3-10-13-5(4)2-7-8-6(1)11-9(12-7)14-8/h1-3H,(H,11,12). The van der Waals surface area contributed by atoms with Crippen LogP contribution in [-0.2, 0) is 0 Å². The molecule has 0 unspecified atom stereocenters. The molecule has 4 rings (SSSR count). The fraction of sp³-hybridized carbons (Fsp3) is 0. The van der Waals surface area contributed by atoms with Gasteiger partial charge in [-0.1, -0.05) is 11.3 Å². The maximum absolute atomic E-state index is 4.41. The van der Waals surface area contributed by atoms with Crippen LogP contribution in [0.5, 0.6) is 0 Å². The number of nitrogens with zero attached hydrogens (tertiary/aromatic N) is 3. The van der Waals surface area contributed by atoms with Gasteiger partial charge in [0.25, 0.3) is 0 Å². The van der Waals surface area contributed by atoms with Gasteiger partial charge in [0, 0.05) is 5.56 Å². The molecule has 14 heavy (non-hydrogen) atoms. The van der Waals surface area contributed by atoms with Gasteiger partial charge in [0.1, 0.15) is 0 Å². The molecule has 0 atom stereocenters. The maximum atomic E-state index is 4.41. The minimum atomic E-state index is 0.916. The van der Waals surface area contributed by atoms with Crippen LogP contribution in [0.15, 0.2) is 18.3 Å². The monoisotopic (exact) mass is 200 g/mol. The van der Waals surface area contributed by atoms with E-state index in [2.05, 4.69) is 20.5 Å². The summed E-state index contributed by atoms with van der Waals surface area (Å²) in [6.45, 7) is 0. The van der Waals surface area contributed by atoms with Gasteiger partial charge in [-0.3, -0.25) is 0 Å². The van der Waals surface area contributed by atoms with Crippen LogP contribution in [0.4, 0.5) is 10.8 Å². The van der Waals surface area contributed by atoms with Crippen LogP contribution in [0.1, 0.15) is 0 Å². The van der Waals surface area contributed by atoms with E-state index in [4.69, 9.17) is 0 Å². The first-order chi connectivity index (χ1) is 6.90. The van der Waals surface area contributed by atoms with E-state index in [0.717, 1.165) is 27.6 Å². The summed E-state index contributed by atoms with van der Waals surface area (Å²) in [6, 6.07) is 4.06. The smallest absolute Gasteiger partial charge is 0.188 e. The average molecular weight is 200 g/mol. The van der Waals surface area contributed by atoms with Crippen LogP contribution in [-0.4, -0.2) is 15.2 Å². The van der Waals surface area contributed by atoms with E-state index in [1.165, 1.54) is 4.70 Å². The Morgan fingerprint density at radius 2 is 2.29 bits per heavy atom. The highest BCUT2D eigenvalue weighted by Crippen LogP contribution is 2.42. The third-order valence-electron chi connectivity index (χ3n) is 2.37. The number of hydrogen-bond donors (Lipinski definition) is 1. The Balaban J connectivity index is 2.30. The molecule has 4 nitrogen and oxygen atoms in total. The highest BCUT2D eigenvalue weighted by molar-refractivity contribution is 7.24. The summed E-state index contributed by atoms with van der Waals surface area (Å²) in [5.74, 6) is 0. The molecule has 1 aliphatic carbocycles. The van der Waals surface area contributed by atoms with Crippen molar-refractivity contribution in [2.75, 3.05) is 5.32 Å². The molecule has 0 saturated carbocycles. The van der Waals surface area contributed by atoms with Crippen molar-refractivity contribution in [1.29, 1.82) is 0 Å². The summed E-state index contributed by atoms with van der Waals surface area (Å²) in [5.41, 5.74) is 4.09. The fourth-order valence-corrected chi connectivity index (χ4v) is 2.66. The Morgan fingerprint density at radius 3 is 3.21 bits per heavy atom. The van der Waals surface area contributed by atoms with Crippen molar-refractivity contribution in [3.05, 3.63) is 18.3 Å². The number of aromatic nitrogens is 3. The Kier molecular flexibility index (Phi) is 0.957. The zero-order valence-electron chi connectivity index (χ0n) is 6.98. The molecular formula is C9H4N4S. The maximum Gasteiger partial charge on any atom is 0.188 e. The van der Waals surface area contributed by atoms with E-state index < -0.39 is 0 Å². The quantitative estimate of drug-likeness (QED) is 0.473. The second-order valence-electron chi connectivity index (χ2n) is 3.25. The van der Waals surface area contributed by atoms with Crippen LogP contribution < -0.4 is 5.32 Å². The molecule has 2 aliphatic heterocycles. The zero-order chi connectivity index (χ0) is 9.12. The van der Waals surface area contributed by atoms with E-state index in [9.17, 15) is 0 Å².